The third kappa shape index (κ3) is 4.48. The molecule has 0 fully saturated rings. The van der Waals surface area contributed by atoms with Crippen molar-refractivity contribution >= 4 is 5.91 Å². The van der Waals surface area contributed by atoms with Crippen molar-refractivity contribution in [2.24, 2.45) is 5.84 Å². The lowest BCUT2D eigenvalue weighted by Crippen LogP contribution is -2.30. The van der Waals surface area contributed by atoms with E-state index >= 15 is 0 Å². The average molecular weight is 263 g/mol. The molecule has 0 spiro atoms. The molecule has 0 aromatic heterocycles. The van der Waals surface area contributed by atoms with Crippen LogP contribution in [-0.2, 0) is 4.79 Å². The first-order valence-corrected chi connectivity index (χ1v) is 5.85. The Kier molecular flexibility index (Phi) is 5.64. The normalized spacial score (nSPS) is 11.3. The first-order valence-electron chi connectivity index (χ1n) is 5.85. The zero-order valence-electron chi connectivity index (χ0n) is 11.0. The Bertz CT molecular complexity index is 483. The summed E-state index contributed by atoms with van der Waals surface area (Å²) < 4.78 is 10.8. The number of rotatable bonds is 6. The molecule has 3 N–H and O–H groups in total. The number of nitrogens with two attached hydrogens (primary N) is 1. The van der Waals surface area contributed by atoms with E-state index in [0.717, 1.165) is 0 Å². The second kappa shape index (κ2) is 7.24. The van der Waals surface area contributed by atoms with Crippen molar-refractivity contribution in [2.75, 3.05) is 7.11 Å². The van der Waals surface area contributed by atoms with Gasteiger partial charge in [0.2, 0.25) is 5.91 Å². The lowest BCUT2D eigenvalue weighted by molar-refractivity contribution is -0.121. The molecular formula is C13H17N3O3. The van der Waals surface area contributed by atoms with Crippen molar-refractivity contribution in [1.82, 2.24) is 5.43 Å². The number of nitrogens with zero attached hydrogens (tertiary/aromatic N) is 1. The second-order valence-corrected chi connectivity index (χ2v) is 4.01. The smallest absolute Gasteiger partial charge is 0.234 e. The van der Waals surface area contributed by atoms with Gasteiger partial charge in [-0.05, 0) is 25.5 Å². The zero-order valence-corrected chi connectivity index (χ0v) is 11.0. The Morgan fingerprint density at radius 1 is 1.53 bits per heavy atom. The minimum absolute atomic E-state index is 0.167. The van der Waals surface area contributed by atoms with Gasteiger partial charge >= 0.3 is 0 Å². The van der Waals surface area contributed by atoms with E-state index in [9.17, 15) is 4.79 Å². The van der Waals surface area contributed by atoms with Gasteiger partial charge in [0.1, 0.15) is 0 Å². The van der Waals surface area contributed by atoms with E-state index in [1.54, 1.807) is 18.2 Å². The molecule has 0 aliphatic carbocycles. The predicted molar refractivity (Wildman–Crippen MR) is 69.4 cm³/mol. The highest BCUT2D eigenvalue weighted by atomic mass is 16.5. The van der Waals surface area contributed by atoms with Crippen molar-refractivity contribution in [1.29, 1.82) is 5.26 Å². The van der Waals surface area contributed by atoms with Crippen LogP contribution in [0.1, 0.15) is 25.3 Å². The minimum atomic E-state index is -0.234. The van der Waals surface area contributed by atoms with Crippen LogP contribution in [-0.4, -0.2) is 19.1 Å². The maximum Gasteiger partial charge on any atom is 0.234 e. The molecule has 6 heteroatoms. The van der Waals surface area contributed by atoms with Crippen LogP contribution in [0, 0.1) is 11.3 Å². The van der Waals surface area contributed by atoms with Crippen LogP contribution in [0.4, 0.5) is 0 Å². The Balaban J connectivity index is 2.66. The summed E-state index contributed by atoms with van der Waals surface area (Å²) in [5.74, 6) is 5.80. The van der Waals surface area contributed by atoms with E-state index < -0.39 is 0 Å². The predicted octanol–water partition coefficient (Wildman–Crippen LogP) is 1.10. The van der Waals surface area contributed by atoms with Crippen LogP contribution >= 0.6 is 0 Å². The van der Waals surface area contributed by atoms with Crippen LogP contribution < -0.4 is 20.7 Å². The molecule has 6 nitrogen and oxygen atoms in total. The van der Waals surface area contributed by atoms with Crippen molar-refractivity contribution in [2.45, 2.75) is 25.9 Å². The monoisotopic (exact) mass is 263 g/mol. The Morgan fingerprint density at radius 2 is 2.26 bits per heavy atom. The highest BCUT2D eigenvalue weighted by Gasteiger charge is 2.11. The lowest BCUT2D eigenvalue weighted by atomic mass is 10.2. The number of carbonyl (C=O) groups excluding carboxylic acids is 1. The van der Waals surface area contributed by atoms with E-state index in [0.29, 0.717) is 23.5 Å². The Hall–Kier alpha value is -2.26. The van der Waals surface area contributed by atoms with E-state index in [1.807, 2.05) is 13.0 Å². The molecule has 0 aliphatic rings. The minimum Gasteiger partial charge on any atom is -0.493 e. The molecule has 0 saturated carbocycles. The van der Waals surface area contributed by atoms with Crippen LogP contribution in [0.3, 0.4) is 0 Å². The molecule has 0 aliphatic heterocycles. The molecular weight excluding hydrogens is 246 g/mol. The van der Waals surface area contributed by atoms with Gasteiger partial charge in [0.25, 0.3) is 0 Å². The van der Waals surface area contributed by atoms with Gasteiger partial charge in [0, 0.05) is 12.5 Å². The van der Waals surface area contributed by atoms with Gasteiger partial charge in [0.15, 0.2) is 11.5 Å². The number of nitrogens with one attached hydrogen (secondary N) is 1. The summed E-state index contributed by atoms with van der Waals surface area (Å²) in [6.45, 7) is 1.85. The van der Waals surface area contributed by atoms with Gasteiger partial charge < -0.3 is 9.47 Å². The highest BCUT2D eigenvalue weighted by Crippen LogP contribution is 2.29. The molecule has 1 aromatic rings. The average Bonchev–Trinajstić information content (AvgIpc) is 2.45. The summed E-state index contributed by atoms with van der Waals surface area (Å²) in [4.78, 5) is 11.0. The number of hydrazine groups is 1. The lowest BCUT2D eigenvalue weighted by Gasteiger charge is -2.16. The van der Waals surface area contributed by atoms with Crippen LogP contribution in [0.2, 0.25) is 0 Å². The maximum atomic E-state index is 11.0. The van der Waals surface area contributed by atoms with Gasteiger partial charge in [0.05, 0.1) is 24.8 Å². The number of hydrogen-bond acceptors (Lipinski definition) is 5. The molecule has 19 heavy (non-hydrogen) atoms. The molecule has 0 bridgehead atoms. The zero-order chi connectivity index (χ0) is 14.3. The largest absolute Gasteiger partial charge is 0.493 e. The summed E-state index contributed by atoms with van der Waals surface area (Å²) in [5, 5.41) is 8.80. The molecule has 1 unspecified atom stereocenters. The molecule has 102 valence electrons. The molecule has 1 rings (SSSR count). The number of amides is 1. The highest BCUT2D eigenvalue weighted by molar-refractivity contribution is 5.75. The van der Waals surface area contributed by atoms with Crippen molar-refractivity contribution in [3.63, 3.8) is 0 Å². The third-order valence-electron chi connectivity index (χ3n) is 2.56. The topological polar surface area (TPSA) is 97.4 Å². The maximum absolute atomic E-state index is 11.0. The standard InChI is InChI=1S/C13H17N3O3/c1-9(3-6-13(17)16-15)19-11-5-4-10(8-14)7-12(11)18-2/h4-5,7,9H,3,6,15H2,1-2H3,(H,16,17). The number of benzene rings is 1. The van der Waals surface area contributed by atoms with Crippen molar-refractivity contribution < 1.29 is 14.3 Å². The van der Waals surface area contributed by atoms with Gasteiger partial charge in [-0.2, -0.15) is 5.26 Å². The fourth-order valence-electron chi connectivity index (χ4n) is 1.52. The van der Waals surface area contributed by atoms with Crippen LogP contribution in [0.5, 0.6) is 11.5 Å². The quantitative estimate of drug-likeness (QED) is 0.455. The van der Waals surface area contributed by atoms with Gasteiger partial charge in [-0.3, -0.25) is 10.2 Å². The summed E-state index contributed by atoms with van der Waals surface area (Å²) in [6.07, 6.45) is 0.654. The molecule has 1 amide bonds. The van der Waals surface area contributed by atoms with Crippen LogP contribution in [0.15, 0.2) is 18.2 Å². The first-order chi connectivity index (χ1) is 9.10. The summed E-state index contributed by atoms with van der Waals surface area (Å²) in [7, 11) is 1.51. The third-order valence-corrected chi connectivity index (χ3v) is 2.56. The van der Waals surface area contributed by atoms with Gasteiger partial charge in [-0.25, -0.2) is 5.84 Å². The SMILES string of the molecule is COc1cc(C#N)ccc1OC(C)CCC(=O)NN. The van der Waals surface area contributed by atoms with E-state index in [4.69, 9.17) is 20.6 Å². The summed E-state index contributed by atoms with van der Waals surface area (Å²) in [6, 6.07) is 6.96. The fourth-order valence-corrected chi connectivity index (χ4v) is 1.52. The Morgan fingerprint density at radius 3 is 2.84 bits per heavy atom. The number of methoxy groups -OCH3 is 1. The number of carbonyl (C=O) groups is 1. The second-order valence-electron chi connectivity index (χ2n) is 4.01. The summed E-state index contributed by atoms with van der Waals surface area (Å²) >= 11 is 0. The Labute approximate surface area is 112 Å². The van der Waals surface area contributed by atoms with Crippen molar-refractivity contribution in [3.8, 4) is 17.6 Å². The molecule has 0 radical (unpaired) electrons. The molecule has 0 saturated heterocycles. The number of nitriles is 1. The summed E-state index contributed by atoms with van der Waals surface area (Å²) in [5.41, 5.74) is 2.57. The van der Waals surface area contributed by atoms with Crippen LogP contribution in [0.25, 0.3) is 0 Å². The van der Waals surface area contributed by atoms with Crippen molar-refractivity contribution in [3.05, 3.63) is 23.8 Å². The number of ether oxygens (including phenoxy) is 2. The van der Waals surface area contributed by atoms with E-state index in [2.05, 4.69) is 5.43 Å². The number of hydrogen-bond donors (Lipinski definition) is 2. The van der Waals surface area contributed by atoms with E-state index in [1.165, 1.54) is 7.11 Å². The molecule has 0 heterocycles. The first kappa shape index (κ1) is 14.8. The molecule has 1 aromatic carbocycles. The van der Waals surface area contributed by atoms with Gasteiger partial charge in [-0.1, -0.05) is 0 Å². The van der Waals surface area contributed by atoms with Gasteiger partial charge in [-0.15, -0.1) is 0 Å². The fraction of sp³-hybridized carbons (Fsp3) is 0.385. The molecule has 1 atom stereocenters. The van der Waals surface area contributed by atoms with E-state index in [-0.39, 0.29) is 18.4 Å².